The van der Waals surface area contributed by atoms with Crippen LogP contribution >= 0.6 is 0 Å². The van der Waals surface area contributed by atoms with Gasteiger partial charge in [-0.3, -0.25) is 0 Å². The van der Waals surface area contributed by atoms with Gasteiger partial charge in [0.2, 0.25) is 0 Å². The van der Waals surface area contributed by atoms with Crippen molar-refractivity contribution in [3.05, 3.63) is 23.4 Å². The molecule has 0 spiro atoms. The molecule has 0 amide bonds. The van der Waals surface area contributed by atoms with Crippen LogP contribution in [0.4, 0.5) is 5.82 Å². The first-order valence-corrected chi connectivity index (χ1v) is 7.69. The van der Waals surface area contributed by atoms with Crippen molar-refractivity contribution in [3.63, 3.8) is 0 Å². The molecule has 1 aliphatic carbocycles. The summed E-state index contributed by atoms with van der Waals surface area (Å²) in [6, 6.07) is 2.07. The van der Waals surface area contributed by atoms with E-state index in [1.165, 1.54) is 49.8 Å². The first-order valence-electron chi connectivity index (χ1n) is 7.69. The maximum atomic E-state index is 5.92. The van der Waals surface area contributed by atoms with Gasteiger partial charge >= 0.3 is 0 Å². The van der Waals surface area contributed by atoms with Crippen LogP contribution in [0.5, 0.6) is 0 Å². The number of rotatable bonds is 2. The van der Waals surface area contributed by atoms with E-state index in [4.69, 9.17) is 5.73 Å². The highest BCUT2D eigenvalue weighted by Crippen LogP contribution is 2.37. The standard InChI is InChI=1S/C16H25N3/c1-12-6-8-18-16(15(12)10-17)19-9-7-13-4-2-3-5-14(13)11-19/h6,8,13-14H,2-5,7,9-11,17H2,1H3. The molecule has 1 aromatic rings. The molecule has 0 radical (unpaired) electrons. The summed E-state index contributed by atoms with van der Waals surface area (Å²) >= 11 is 0. The number of aromatic nitrogens is 1. The summed E-state index contributed by atoms with van der Waals surface area (Å²) in [6.07, 6.45) is 8.98. The van der Waals surface area contributed by atoms with Crippen molar-refractivity contribution >= 4 is 5.82 Å². The van der Waals surface area contributed by atoms with Crippen molar-refractivity contribution in [1.82, 2.24) is 4.98 Å². The first kappa shape index (κ1) is 12.9. The zero-order chi connectivity index (χ0) is 13.2. The van der Waals surface area contributed by atoms with Gasteiger partial charge in [0.05, 0.1) is 0 Å². The quantitative estimate of drug-likeness (QED) is 0.888. The molecule has 2 fully saturated rings. The fourth-order valence-electron chi connectivity index (χ4n) is 3.89. The average Bonchev–Trinajstić information content (AvgIpc) is 2.46. The van der Waals surface area contributed by atoms with Crippen molar-refractivity contribution in [1.29, 1.82) is 0 Å². The van der Waals surface area contributed by atoms with Gasteiger partial charge in [0.15, 0.2) is 0 Å². The molecule has 0 aromatic carbocycles. The number of nitrogens with zero attached hydrogens (tertiary/aromatic N) is 2. The molecule has 3 nitrogen and oxygen atoms in total. The highest BCUT2D eigenvalue weighted by Gasteiger charge is 2.32. The van der Waals surface area contributed by atoms with Crippen LogP contribution in [0.25, 0.3) is 0 Å². The second-order valence-electron chi connectivity index (χ2n) is 6.17. The number of fused-ring (bicyclic) bond motifs is 1. The number of hydrogen-bond acceptors (Lipinski definition) is 3. The van der Waals surface area contributed by atoms with Gasteiger partial charge in [-0.25, -0.2) is 4.98 Å². The number of pyridine rings is 1. The molecule has 1 aromatic heterocycles. The Hall–Kier alpha value is -1.09. The molecule has 2 atom stereocenters. The van der Waals surface area contributed by atoms with E-state index in [0.29, 0.717) is 6.54 Å². The van der Waals surface area contributed by atoms with Gasteiger partial charge < -0.3 is 10.6 Å². The van der Waals surface area contributed by atoms with E-state index in [1.54, 1.807) is 0 Å². The summed E-state index contributed by atoms with van der Waals surface area (Å²) < 4.78 is 0. The van der Waals surface area contributed by atoms with Crippen LogP contribution in [-0.2, 0) is 6.54 Å². The Balaban J connectivity index is 1.81. The average molecular weight is 259 g/mol. The van der Waals surface area contributed by atoms with Crippen molar-refractivity contribution in [3.8, 4) is 0 Å². The molecule has 104 valence electrons. The van der Waals surface area contributed by atoms with Crippen LogP contribution < -0.4 is 10.6 Å². The third kappa shape index (κ3) is 2.48. The minimum absolute atomic E-state index is 0.597. The van der Waals surface area contributed by atoms with Gasteiger partial charge in [-0.05, 0) is 43.2 Å². The van der Waals surface area contributed by atoms with E-state index in [2.05, 4.69) is 22.9 Å². The lowest BCUT2D eigenvalue weighted by atomic mass is 9.75. The predicted octanol–water partition coefficient (Wildman–Crippen LogP) is 2.87. The Kier molecular flexibility index (Phi) is 3.74. The van der Waals surface area contributed by atoms with Crippen LogP contribution in [0.15, 0.2) is 12.3 Å². The van der Waals surface area contributed by atoms with Crippen LogP contribution in [0.1, 0.15) is 43.2 Å². The molecule has 1 saturated carbocycles. The fraction of sp³-hybridized carbons (Fsp3) is 0.688. The van der Waals surface area contributed by atoms with Crippen LogP contribution in [0.3, 0.4) is 0 Å². The minimum atomic E-state index is 0.597. The van der Waals surface area contributed by atoms with Crippen molar-refractivity contribution in [2.75, 3.05) is 18.0 Å². The maximum Gasteiger partial charge on any atom is 0.133 e. The summed E-state index contributed by atoms with van der Waals surface area (Å²) in [5.74, 6) is 3.00. The van der Waals surface area contributed by atoms with Crippen molar-refractivity contribution in [2.24, 2.45) is 17.6 Å². The molecule has 3 rings (SSSR count). The largest absolute Gasteiger partial charge is 0.356 e. The molecule has 3 heteroatoms. The predicted molar refractivity (Wildman–Crippen MR) is 79.1 cm³/mol. The highest BCUT2D eigenvalue weighted by molar-refractivity contribution is 5.50. The summed E-state index contributed by atoms with van der Waals surface area (Å²) in [6.45, 7) is 5.08. The summed E-state index contributed by atoms with van der Waals surface area (Å²) in [5.41, 5.74) is 8.43. The lowest BCUT2D eigenvalue weighted by Gasteiger charge is -2.42. The Morgan fingerprint density at radius 3 is 2.84 bits per heavy atom. The second kappa shape index (κ2) is 5.49. The Bertz CT molecular complexity index is 444. The van der Waals surface area contributed by atoms with Gasteiger partial charge in [0, 0.05) is 31.4 Å². The summed E-state index contributed by atoms with van der Waals surface area (Å²) in [7, 11) is 0. The molecular formula is C16H25N3. The van der Waals surface area contributed by atoms with Crippen molar-refractivity contribution < 1.29 is 0 Å². The molecule has 19 heavy (non-hydrogen) atoms. The zero-order valence-corrected chi connectivity index (χ0v) is 11.9. The third-order valence-corrected chi connectivity index (χ3v) is 5.06. The zero-order valence-electron chi connectivity index (χ0n) is 11.9. The Morgan fingerprint density at radius 2 is 2.05 bits per heavy atom. The topological polar surface area (TPSA) is 42.2 Å². The number of aryl methyl sites for hydroxylation is 1. The lowest BCUT2D eigenvalue weighted by molar-refractivity contribution is 0.202. The normalized spacial score (nSPS) is 27.2. The molecule has 1 aliphatic heterocycles. The lowest BCUT2D eigenvalue weighted by Crippen LogP contribution is -2.42. The number of anilines is 1. The smallest absolute Gasteiger partial charge is 0.133 e. The fourth-order valence-corrected chi connectivity index (χ4v) is 3.89. The summed E-state index contributed by atoms with van der Waals surface area (Å²) in [5, 5.41) is 0. The van der Waals surface area contributed by atoms with Gasteiger partial charge in [-0.15, -0.1) is 0 Å². The Labute approximate surface area is 116 Å². The second-order valence-corrected chi connectivity index (χ2v) is 6.17. The van der Waals surface area contributed by atoms with E-state index < -0.39 is 0 Å². The van der Waals surface area contributed by atoms with Crippen LogP contribution in [-0.4, -0.2) is 18.1 Å². The van der Waals surface area contributed by atoms with Gasteiger partial charge in [0.1, 0.15) is 5.82 Å². The third-order valence-electron chi connectivity index (χ3n) is 5.06. The molecule has 2 heterocycles. The maximum absolute atomic E-state index is 5.92. The molecule has 2 aliphatic rings. The van der Waals surface area contributed by atoms with E-state index in [-0.39, 0.29) is 0 Å². The molecule has 2 N–H and O–H groups in total. The van der Waals surface area contributed by atoms with E-state index in [1.807, 2.05) is 6.20 Å². The first-order chi connectivity index (χ1) is 9.29. The van der Waals surface area contributed by atoms with Crippen LogP contribution in [0, 0.1) is 18.8 Å². The highest BCUT2D eigenvalue weighted by atomic mass is 15.2. The molecule has 0 bridgehead atoms. The minimum Gasteiger partial charge on any atom is -0.356 e. The monoisotopic (exact) mass is 259 g/mol. The van der Waals surface area contributed by atoms with Crippen molar-refractivity contribution in [2.45, 2.75) is 45.6 Å². The summed E-state index contributed by atoms with van der Waals surface area (Å²) in [4.78, 5) is 7.11. The van der Waals surface area contributed by atoms with Crippen LogP contribution in [0.2, 0.25) is 0 Å². The molecule has 1 saturated heterocycles. The van der Waals surface area contributed by atoms with E-state index in [9.17, 15) is 0 Å². The van der Waals surface area contributed by atoms with Gasteiger partial charge in [-0.2, -0.15) is 0 Å². The van der Waals surface area contributed by atoms with Gasteiger partial charge in [0.25, 0.3) is 0 Å². The number of nitrogens with two attached hydrogens (primary N) is 1. The number of hydrogen-bond donors (Lipinski definition) is 1. The van der Waals surface area contributed by atoms with E-state index >= 15 is 0 Å². The number of piperidine rings is 1. The SMILES string of the molecule is Cc1ccnc(N2CCC3CCCCC3C2)c1CN. The molecular weight excluding hydrogens is 234 g/mol. The van der Waals surface area contributed by atoms with E-state index in [0.717, 1.165) is 24.2 Å². The van der Waals surface area contributed by atoms with Gasteiger partial charge in [-0.1, -0.05) is 19.3 Å². The molecule has 2 unspecified atom stereocenters. The Morgan fingerprint density at radius 1 is 1.26 bits per heavy atom.